The van der Waals surface area contributed by atoms with E-state index in [9.17, 15) is 31.2 Å². The summed E-state index contributed by atoms with van der Waals surface area (Å²) >= 11 is 0. The maximum absolute atomic E-state index is 13.0. The quantitative estimate of drug-likeness (QED) is 0.190. The fourth-order valence-electron chi connectivity index (χ4n) is 3.63. The number of nitrogens with one attached hydrogen (secondary N) is 3. The summed E-state index contributed by atoms with van der Waals surface area (Å²) in [7, 11) is -8.48. The van der Waals surface area contributed by atoms with Crippen LogP contribution in [-0.2, 0) is 36.1 Å². The smallest absolute Gasteiger partial charge is 0.421 e. The lowest BCUT2D eigenvalue weighted by Gasteiger charge is -2.10. The molecule has 0 radical (unpaired) electrons. The Balaban J connectivity index is 1.57. The van der Waals surface area contributed by atoms with Crippen LogP contribution in [0.3, 0.4) is 0 Å². The van der Waals surface area contributed by atoms with E-state index in [1.807, 2.05) is 0 Å². The molecule has 0 aliphatic carbocycles. The fraction of sp³-hybridized carbons (Fsp3) is 0.200. The molecule has 0 fully saturated rings. The van der Waals surface area contributed by atoms with E-state index in [2.05, 4.69) is 24.7 Å². The lowest BCUT2D eigenvalue weighted by Crippen LogP contribution is -2.33. The zero-order chi connectivity index (χ0) is 30.7. The maximum Gasteiger partial charge on any atom is 0.421 e. The van der Waals surface area contributed by atoms with Crippen molar-refractivity contribution >= 4 is 49.0 Å². The number of ether oxygens (including phenoxy) is 1. The lowest BCUT2D eigenvalue weighted by molar-refractivity contribution is -0.117. The number of amidine groups is 1. The van der Waals surface area contributed by atoms with Gasteiger partial charge in [-0.2, -0.15) is 13.4 Å². The number of amides is 2. The highest BCUT2D eigenvalue weighted by atomic mass is 32.2. The minimum absolute atomic E-state index is 0.0207. The first-order valence-electron chi connectivity index (χ1n) is 12.2. The molecule has 2 aromatic carbocycles. The average Bonchev–Trinajstić information content (AvgIpc) is 3.30. The number of rotatable bonds is 8. The summed E-state index contributed by atoms with van der Waals surface area (Å²) in [6, 6.07) is 11.7. The minimum Gasteiger partial charge on any atom is -0.447 e. The topological polar surface area (TPSA) is 212 Å². The van der Waals surface area contributed by atoms with Gasteiger partial charge in [0.15, 0.2) is 11.5 Å². The standard InChI is InChI=1S/C25H25N7O8S2/c1-15-4-8-18(9-5-15)41(36,37)30-22(27-17(3)33)20-21-23(29-24(34)28-20)32(14-26-21)12-13-40-25(35)31-42(38,39)19-10-6-16(2)7-11-19/h4-11,14H,12-13H2,1-3H3,(H,31,35)(H,27,30,33)(H,28,29,34). The third kappa shape index (κ3) is 7.05. The SMILES string of the molecule is CC(=O)N/C(=N\S(=O)(=O)c1ccc(C)cc1)c1[nH]c(=O)nc2c1ncn2CCOC(=O)NS(=O)(=O)c1ccc(C)cc1. The van der Waals surface area contributed by atoms with Crippen LogP contribution >= 0.6 is 0 Å². The number of imidazole rings is 1. The van der Waals surface area contributed by atoms with E-state index in [1.54, 1.807) is 42.8 Å². The van der Waals surface area contributed by atoms with E-state index < -0.39 is 43.6 Å². The second-order valence-electron chi connectivity index (χ2n) is 8.99. The molecular formula is C25H25N7O8S2. The number of nitrogens with zero attached hydrogens (tertiary/aromatic N) is 4. The first-order valence-corrected chi connectivity index (χ1v) is 15.1. The third-order valence-corrected chi connectivity index (χ3v) is 8.28. The van der Waals surface area contributed by atoms with E-state index in [0.717, 1.165) is 18.1 Å². The first kappa shape index (κ1) is 30.1. The predicted octanol–water partition coefficient (Wildman–Crippen LogP) is 1.12. The molecule has 4 aromatic rings. The highest BCUT2D eigenvalue weighted by Gasteiger charge is 2.22. The summed E-state index contributed by atoms with van der Waals surface area (Å²) in [5.41, 5.74) is 0.455. The molecule has 3 N–H and O–H groups in total. The Kier molecular flexibility index (Phi) is 8.53. The van der Waals surface area contributed by atoms with E-state index in [-0.39, 0.29) is 39.8 Å². The molecule has 17 heteroatoms. The lowest BCUT2D eigenvalue weighted by atomic mass is 10.2. The van der Waals surface area contributed by atoms with E-state index in [0.29, 0.717) is 0 Å². The molecule has 0 bridgehead atoms. The fourth-order valence-corrected chi connectivity index (χ4v) is 5.48. The van der Waals surface area contributed by atoms with Crippen molar-refractivity contribution in [2.24, 2.45) is 4.40 Å². The molecule has 220 valence electrons. The minimum atomic E-state index is -4.32. The van der Waals surface area contributed by atoms with E-state index >= 15 is 0 Å². The van der Waals surface area contributed by atoms with Crippen LogP contribution in [0.25, 0.3) is 11.2 Å². The Hall–Kier alpha value is -4.90. The molecule has 0 aliphatic heterocycles. The van der Waals surface area contributed by atoms with Crippen molar-refractivity contribution in [1.82, 2.24) is 29.6 Å². The number of aromatic nitrogens is 4. The number of carbonyl (C=O) groups is 2. The van der Waals surface area contributed by atoms with Crippen molar-refractivity contribution in [3.63, 3.8) is 0 Å². The van der Waals surface area contributed by atoms with Gasteiger partial charge in [-0.25, -0.2) is 27.7 Å². The number of aromatic amines is 1. The van der Waals surface area contributed by atoms with Gasteiger partial charge in [0.05, 0.1) is 22.7 Å². The molecule has 2 heterocycles. The van der Waals surface area contributed by atoms with Gasteiger partial charge in [-0.3, -0.25) is 4.79 Å². The largest absolute Gasteiger partial charge is 0.447 e. The van der Waals surface area contributed by atoms with Crippen molar-refractivity contribution in [2.75, 3.05) is 6.61 Å². The number of benzene rings is 2. The summed E-state index contributed by atoms with van der Waals surface area (Å²) in [4.78, 5) is 46.6. The van der Waals surface area contributed by atoms with Crippen LogP contribution in [0.5, 0.6) is 0 Å². The molecule has 15 nitrogen and oxygen atoms in total. The predicted molar refractivity (Wildman–Crippen MR) is 150 cm³/mol. The van der Waals surface area contributed by atoms with Crippen LogP contribution < -0.4 is 15.7 Å². The second-order valence-corrected chi connectivity index (χ2v) is 12.3. The van der Waals surface area contributed by atoms with Gasteiger partial charge in [-0.15, -0.1) is 4.40 Å². The molecular weight excluding hydrogens is 590 g/mol. The Morgan fingerprint density at radius 1 is 0.976 bits per heavy atom. The zero-order valence-electron chi connectivity index (χ0n) is 22.5. The zero-order valence-corrected chi connectivity index (χ0v) is 24.1. The average molecular weight is 616 g/mol. The maximum atomic E-state index is 13.0. The van der Waals surface area contributed by atoms with Gasteiger partial charge in [0.1, 0.15) is 17.8 Å². The third-order valence-electron chi connectivity index (χ3n) is 5.66. The van der Waals surface area contributed by atoms with Crippen LogP contribution in [-0.4, -0.2) is 60.8 Å². The van der Waals surface area contributed by atoms with Gasteiger partial charge in [0, 0.05) is 6.92 Å². The molecule has 0 saturated carbocycles. The molecule has 0 unspecified atom stereocenters. The van der Waals surface area contributed by atoms with Crippen molar-refractivity contribution in [3.05, 3.63) is 82.2 Å². The highest BCUT2D eigenvalue weighted by molar-refractivity contribution is 7.90. The molecule has 0 saturated heterocycles. The van der Waals surface area contributed by atoms with Gasteiger partial charge >= 0.3 is 11.8 Å². The number of carbonyl (C=O) groups excluding carboxylic acids is 2. The second kappa shape index (κ2) is 11.9. The Morgan fingerprint density at radius 2 is 1.57 bits per heavy atom. The van der Waals surface area contributed by atoms with Crippen molar-refractivity contribution in [1.29, 1.82) is 0 Å². The van der Waals surface area contributed by atoms with Gasteiger partial charge in [0.2, 0.25) is 5.91 Å². The number of fused-ring (bicyclic) bond motifs is 1. The van der Waals surface area contributed by atoms with Crippen LogP contribution in [0.4, 0.5) is 4.79 Å². The first-order chi connectivity index (χ1) is 19.7. The van der Waals surface area contributed by atoms with Gasteiger partial charge < -0.3 is 19.6 Å². The van der Waals surface area contributed by atoms with Crippen molar-refractivity contribution < 1.29 is 31.2 Å². The highest BCUT2D eigenvalue weighted by Crippen LogP contribution is 2.17. The monoisotopic (exact) mass is 615 g/mol. The molecule has 0 atom stereocenters. The van der Waals surface area contributed by atoms with Gasteiger partial charge in [0.25, 0.3) is 20.0 Å². The summed E-state index contributed by atoms with van der Waals surface area (Å²) in [5.74, 6) is -1.16. The van der Waals surface area contributed by atoms with Crippen LogP contribution in [0, 0.1) is 13.8 Å². The van der Waals surface area contributed by atoms with Crippen LogP contribution in [0.1, 0.15) is 23.7 Å². The Morgan fingerprint density at radius 3 is 2.17 bits per heavy atom. The van der Waals surface area contributed by atoms with E-state index in [1.165, 1.54) is 35.2 Å². The number of hydrogen-bond donors (Lipinski definition) is 3. The van der Waals surface area contributed by atoms with Crippen molar-refractivity contribution in [3.8, 4) is 0 Å². The number of H-pyrrole nitrogens is 1. The molecule has 0 spiro atoms. The normalized spacial score (nSPS) is 12.2. The number of hydrogen-bond acceptors (Lipinski definition) is 10. The summed E-state index contributed by atoms with van der Waals surface area (Å²) in [5, 5.41) is 2.31. The molecule has 42 heavy (non-hydrogen) atoms. The van der Waals surface area contributed by atoms with Gasteiger partial charge in [-0.1, -0.05) is 35.4 Å². The van der Waals surface area contributed by atoms with Crippen molar-refractivity contribution in [2.45, 2.75) is 37.1 Å². The van der Waals surface area contributed by atoms with E-state index in [4.69, 9.17) is 4.74 Å². The summed E-state index contributed by atoms with van der Waals surface area (Å²) in [6.45, 7) is 4.23. The molecule has 2 amide bonds. The molecule has 4 rings (SSSR count). The summed E-state index contributed by atoms with van der Waals surface area (Å²) in [6.07, 6.45) is 0.00592. The van der Waals surface area contributed by atoms with Crippen LogP contribution in [0.2, 0.25) is 0 Å². The molecule has 0 aliphatic rings. The number of sulfonamides is 2. The Bertz CT molecular complexity index is 1960. The van der Waals surface area contributed by atoms with Crippen LogP contribution in [0.15, 0.2) is 73.8 Å². The number of aryl methyl sites for hydroxylation is 2. The van der Waals surface area contributed by atoms with Gasteiger partial charge in [-0.05, 0) is 38.1 Å². The Labute approximate surface area is 239 Å². The molecule has 2 aromatic heterocycles. The summed E-state index contributed by atoms with van der Waals surface area (Å²) < 4.78 is 62.6.